The van der Waals surface area contributed by atoms with E-state index in [0.29, 0.717) is 23.4 Å². The number of carbonyl (C=O) groups excluding carboxylic acids is 1. The molecule has 0 amide bonds. The van der Waals surface area contributed by atoms with Gasteiger partial charge in [-0.05, 0) is 19.1 Å². The number of non-ortho nitro benzene ring substituents is 1. The highest BCUT2D eigenvalue weighted by molar-refractivity contribution is 5.73. The van der Waals surface area contributed by atoms with Crippen LogP contribution in [0.3, 0.4) is 0 Å². The van der Waals surface area contributed by atoms with Crippen LogP contribution < -0.4 is 0 Å². The lowest BCUT2D eigenvalue weighted by Crippen LogP contribution is -2.02. The molecule has 1 heterocycles. The Morgan fingerprint density at radius 2 is 2.18 bits per heavy atom. The van der Waals surface area contributed by atoms with Gasteiger partial charge in [-0.15, -0.1) is 0 Å². The molecule has 0 aliphatic carbocycles. The van der Waals surface area contributed by atoms with E-state index in [0.717, 1.165) is 0 Å². The largest absolute Gasteiger partial charge is 0.296 e. The van der Waals surface area contributed by atoms with E-state index < -0.39 is 4.92 Å². The minimum atomic E-state index is -0.486. The van der Waals surface area contributed by atoms with Crippen LogP contribution in [0.15, 0.2) is 30.3 Å². The molecule has 0 unspecified atom stereocenters. The normalized spacial score (nSPS) is 10.2. The predicted octanol–water partition coefficient (Wildman–Crippen LogP) is 1.90. The second kappa shape index (κ2) is 4.17. The lowest BCUT2D eigenvalue weighted by molar-refractivity contribution is -0.384. The number of hydrogen-bond acceptors (Lipinski definition) is 4. The Hall–Kier alpha value is -2.50. The zero-order chi connectivity index (χ0) is 12.4. The number of nitro groups is 1. The van der Waals surface area contributed by atoms with Crippen LogP contribution in [0.5, 0.6) is 0 Å². The van der Waals surface area contributed by atoms with Crippen molar-refractivity contribution < 1.29 is 9.72 Å². The fourth-order valence-corrected chi connectivity index (χ4v) is 1.55. The topological polar surface area (TPSA) is 78.0 Å². The minimum absolute atomic E-state index is 0.0347. The number of rotatable bonds is 3. The van der Waals surface area contributed by atoms with E-state index >= 15 is 0 Å². The maximum absolute atomic E-state index is 10.8. The molecule has 6 heteroatoms. The van der Waals surface area contributed by atoms with E-state index in [2.05, 4.69) is 5.10 Å². The van der Waals surface area contributed by atoms with Gasteiger partial charge in [-0.3, -0.25) is 14.9 Å². The smallest absolute Gasteiger partial charge is 0.271 e. The lowest BCUT2D eigenvalue weighted by atomic mass is 10.3. The molecular weight excluding hydrogens is 222 g/mol. The van der Waals surface area contributed by atoms with Gasteiger partial charge in [0.1, 0.15) is 5.69 Å². The van der Waals surface area contributed by atoms with E-state index in [4.69, 9.17) is 0 Å². The van der Waals surface area contributed by atoms with E-state index in [-0.39, 0.29) is 5.69 Å². The van der Waals surface area contributed by atoms with Crippen LogP contribution >= 0.6 is 0 Å². The van der Waals surface area contributed by atoms with Crippen molar-refractivity contribution in [2.75, 3.05) is 0 Å². The Morgan fingerprint density at radius 3 is 2.82 bits per heavy atom. The Kier molecular flexibility index (Phi) is 2.70. The molecule has 86 valence electrons. The van der Waals surface area contributed by atoms with Gasteiger partial charge in [0, 0.05) is 12.1 Å². The van der Waals surface area contributed by atoms with E-state index in [1.807, 2.05) is 0 Å². The van der Waals surface area contributed by atoms with Gasteiger partial charge in [-0.1, -0.05) is 6.07 Å². The summed E-state index contributed by atoms with van der Waals surface area (Å²) in [5.41, 5.74) is 1.50. The van der Waals surface area contributed by atoms with Crippen LogP contribution in [-0.4, -0.2) is 21.0 Å². The number of aldehydes is 1. The Bertz CT molecular complexity index is 589. The molecule has 6 nitrogen and oxygen atoms in total. The fraction of sp³-hybridized carbons (Fsp3) is 0.0909. The summed E-state index contributed by atoms with van der Waals surface area (Å²) in [5, 5.41) is 14.8. The fourth-order valence-electron chi connectivity index (χ4n) is 1.55. The molecule has 0 aliphatic rings. The van der Waals surface area contributed by atoms with E-state index in [1.165, 1.54) is 16.8 Å². The second-order valence-corrected chi connectivity index (χ2v) is 3.52. The summed E-state index contributed by atoms with van der Waals surface area (Å²) >= 11 is 0. The molecule has 1 aromatic carbocycles. The third kappa shape index (κ3) is 2.05. The van der Waals surface area contributed by atoms with Crippen LogP contribution in [-0.2, 0) is 0 Å². The molecule has 0 N–H and O–H groups in total. The third-order valence-electron chi connectivity index (χ3n) is 2.26. The van der Waals surface area contributed by atoms with Crippen molar-refractivity contribution in [1.29, 1.82) is 0 Å². The number of aryl methyl sites for hydroxylation is 1. The molecule has 17 heavy (non-hydrogen) atoms. The summed E-state index contributed by atoms with van der Waals surface area (Å²) in [6, 6.07) is 7.59. The van der Waals surface area contributed by atoms with Gasteiger partial charge >= 0.3 is 0 Å². The number of hydrogen-bond donors (Lipinski definition) is 0. The first-order valence-corrected chi connectivity index (χ1v) is 4.88. The van der Waals surface area contributed by atoms with Crippen LogP contribution in [0.1, 0.15) is 16.2 Å². The van der Waals surface area contributed by atoms with E-state index in [1.54, 1.807) is 25.1 Å². The molecule has 0 radical (unpaired) electrons. The van der Waals surface area contributed by atoms with Gasteiger partial charge in [-0.25, -0.2) is 4.68 Å². The Labute approximate surface area is 96.6 Å². The van der Waals surface area contributed by atoms with Crippen molar-refractivity contribution in [2.45, 2.75) is 6.92 Å². The van der Waals surface area contributed by atoms with E-state index in [9.17, 15) is 14.9 Å². The lowest BCUT2D eigenvalue weighted by Gasteiger charge is -2.02. The summed E-state index contributed by atoms with van der Waals surface area (Å²) in [6.07, 6.45) is 0.666. The van der Waals surface area contributed by atoms with Crippen LogP contribution in [0.4, 0.5) is 5.69 Å². The van der Waals surface area contributed by atoms with Gasteiger partial charge in [0.05, 0.1) is 16.3 Å². The van der Waals surface area contributed by atoms with Crippen LogP contribution in [0, 0.1) is 17.0 Å². The maximum Gasteiger partial charge on any atom is 0.271 e. The first-order chi connectivity index (χ1) is 8.11. The average molecular weight is 231 g/mol. The molecule has 0 saturated carbocycles. The number of carbonyl (C=O) groups is 1. The van der Waals surface area contributed by atoms with Crippen molar-refractivity contribution in [3.8, 4) is 5.69 Å². The number of nitro benzene ring substituents is 1. The molecule has 0 fully saturated rings. The molecule has 0 aliphatic heterocycles. The second-order valence-electron chi connectivity index (χ2n) is 3.52. The molecule has 0 saturated heterocycles. The van der Waals surface area contributed by atoms with Crippen molar-refractivity contribution in [1.82, 2.24) is 9.78 Å². The van der Waals surface area contributed by atoms with Crippen molar-refractivity contribution >= 4 is 12.0 Å². The zero-order valence-electron chi connectivity index (χ0n) is 9.03. The minimum Gasteiger partial charge on any atom is -0.296 e. The van der Waals surface area contributed by atoms with Crippen molar-refractivity contribution in [2.24, 2.45) is 0 Å². The van der Waals surface area contributed by atoms with Crippen molar-refractivity contribution in [3.05, 3.63) is 51.8 Å². The molecule has 1 aromatic heterocycles. The van der Waals surface area contributed by atoms with Crippen molar-refractivity contribution in [3.63, 3.8) is 0 Å². The van der Waals surface area contributed by atoms with Gasteiger partial charge in [-0.2, -0.15) is 5.10 Å². The zero-order valence-corrected chi connectivity index (χ0v) is 9.03. The average Bonchev–Trinajstić information content (AvgIpc) is 2.70. The quantitative estimate of drug-likeness (QED) is 0.459. The molecule has 0 atom stereocenters. The number of nitrogens with zero attached hydrogens (tertiary/aromatic N) is 3. The van der Waals surface area contributed by atoms with Gasteiger partial charge in [0.25, 0.3) is 5.69 Å². The van der Waals surface area contributed by atoms with Gasteiger partial charge < -0.3 is 0 Å². The van der Waals surface area contributed by atoms with Crippen LogP contribution in [0.2, 0.25) is 0 Å². The van der Waals surface area contributed by atoms with Gasteiger partial charge in [0.15, 0.2) is 6.29 Å². The van der Waals surface area contributed by atoms with Gasteiger partial charge in [0.2, 0.25) is 0 Å². The summed E-state index contributed by atoms with van der Waals surface area (Å²) in [5.74, 6) is 0. The Balaban J connectivity index is 2.55. The Morgan fingerprint density at radius 1 is 1.41 bits per heavy atom. The summed E-state index contributed by atoms with van der Waals surface area (Å²) in [7, 11) is 0. The predicted molar refractivity (Wildman–Crippen MR) is 60.3 cm³/mol. The SMILES string of the molecule is Cc1cc(C=O)n(-c2cccc([N+](=O)[O-])c2)n1. The summed E-state index contributed by atoms with van der Waals surface area (Å²) in [4.78, 5) is 21.0. The molecular formula is C11H9N3O3. The first-order valence-electron chi connectivity index (χ1n) is 4.88. The first kappa shape index (κ1) is 11.0. The molecule has 2 rings (SSSR count). The molecule has 0 spiro atoms. The summed E-state index contributed by atoms with van der Waals surface area (Å²) in [6.45, 7) is 1.75. The number of benzene rings is 1. The molecule has 0 bridgehead atoms. The summed E-state index contributed by atoms with van der Waals surface area (Å²) < 4.78 is 1.38. The third-order valence-corrected chi connectivity index (χ3v) is 2.26. The highest BCUT2D eigenvalue weighted by atomic mass is 16.6. The monoisotopic (exact) mass is 231 g/mol. The highest BCUT2D eigenvalue weighted by Crippen LogP contribution is 2.17. The standard InChI is InChI=1S/C11H9N3O3/c1-8-5-11(7-15)13(12-8)9-3-2-4-10(6-9)14(16)17/h2-7H,1H3. The molecule has 2 aromatic rings. The maximum atomic E-state index is 10.8. The highest BCUT2D eigenvalue weighted by Gasteiger charge is 2.10. The van der Waals surface area contributed by atoms with Crippen LogP contribution in [0.25, 0.3) is 5.69 Å². The number of aromatic nitrogens is 2.